The summed E-state index contributed by atoms with van der Waals surface area (Å²) in [6, 6.07) is 8.41. The molecule has 1 amide bonds. The second-order valence-corrected chi connectivity index (χ2v) is 11.0. The molecule has 41 heavy (non-hydrogen) atoms. The fourth-order valence-electron chi connectivity index (χ4n) is 6.32. The van der Waals surface area contributed by atoms with Gasteiger partial charge in [-0.2, -0.15) is 0 Å². The second-order valence-electron chi connectivity index (χ2n) is 11.0. The number of aliphatic hydroxyl groups excluding tert-OH is 2. The van der Waals surface area contributed by atoms with E-state index >= 15 is 0 Å². The number of likely N-dealkylation sites (N-methyl/N-ethyl adjacent to an activating group) is 1. The van der Waals surface area contributed by atoms with E-state index in [2.05, 4.69) is 5.32 Å². The Balaban J connectivity index is 1.57. The maximum absolute atomic E-state index is 13.8. The van der Waals surface area contributed by atoms with Gasteiger partial charge in [0, 0.05) is 17.2 Å². The number of carbonyl (C=O) groups is 4. The zero-order valence-corrected chi connectivity index (χ0v) is 22.9. The fourth-order valence-corrected chi connectivity index (χ4v) is 6.32. The van der Waals surface area contributed by atoms with Crippen LogP contribution in [-0.4, -0.2) is 74.5 Å². The van der Waals surface area contributed by atoms with Crippen molar-refractivity contribution in [2.75, 3.05) is 19.4 Å². The zero-order valence-electron chi connectivity index (χ0n) is 22.9. The highest BCUT2D eigenvalue weighted by Crippen LogP contribution is 2.53. The van der Waals surface area contributed by atoms with Gasteiger partial charge in [-0.25, -0.2) is 4.79 Å². The Labute approximate surface area is 235 Å². The highest BCUT2D eigenvalue weighted by Gasteiger charge is 2.63. The van der Waals surface area contributed by atoms with Crippen LogP contribution in [0.15, 0.2) is 59.1 Å². The molecule has 214 valence electrons. The lowest BCUT2D eigenvalue weighted by molar-refractivity contribution is -0.148. The molecule has 2 aromatic rings. The van der Waals surface area contributed by atoms with Gasteiger partial charge in [0.2, 0.25) is 5.78 Å². The van der Waals surface area contributed by atoms with Gasteiger partial charge in [-0.1, -0.05) is 17.7 Å². The number of benzene rings is 2. The Hall–Kier alpha value is -4.48. The molecule has 0 saturated heterocycles. The number of ether oxygens (including phenoxy) is 1. The van der Waals surface area contributed by atoms with Crippen LogP contribution in [0.2, 0.25) is 0 Å². The summed E-state index contributed by atoms with van der Waals surface area (Å²) in [7, 11) is 3.18. The average molecular weight is 563 g/mol. The first-order valence-electron chi connectivity index (χ1n) is 13.0. The van der Waals surface area contributed by atoms with E-state index < -0.39 is 69.8 Å². The smallest absolute Gasteiger partial charge is 0.417 e. The molecule has 0 saturated carbocycles. The maximum Gasteiger partial charge on any atom is 0.417 e. The number of phenols is 1. The molecule has 3 aliphatic rings. The molecule has 0 aliphatic heterocycles. The molecule has 5 rings (SSSR count). The van der Waals surface area contributed by atoms with Gasteiger partial charge in [-0.15, -0.1) is 0 Å². The summed E-state index contributed by atoms with van der Waals surface area (Å²) < 4.78 is 5.34. The Morgan fingerprint density at radius 1 is 1.05 bits per heavy atom. The normalized spacial score (nSPS) is 25.5. The van der Waals surface area contributed by atoms with Crippen molar-refractivity contribution in [3.05, 3.63) is 75.8 Å². The highest BCUT2D eigenvalue weighted by molar-refractivity contribution is 6.25. The van der Waals surface area contributed by atoms with Gasteiger partial charge in [0.25, 0.3) is 0 Å². The van der Waals surface area contributed by atoms with E-state index in [0.717, 1.165) is 12.5 Å². The number of aliphatic hydroxyl groups is 3. The number of hydrogen-bond donors (Lipinski definition) is 5. The van der Waals surface area contributed by atoms with Crippen molar-refractivity contribution in [1.82, 2.24) is 4.90 Å². The van der Waals surface area contributed by atoms with Gasteiger partial charge >= 0.3 is 6.09 Å². The lowest BCUT2D eigenvalue weighted by Crippen LogP contribution is -2.63. The zero-order chi connectivity index (χ0) is 30.0. The minimum atomic E-state index is -2.65. The minimum absolute atomic E-state index is 0.0339. The molecule has 11 nitrogen and oxygen atoms in total. The van der Waals surface area contributed by atoms with Crippen molar-refractivity contribution in [2.45, 2.75) is 38.3 Å². The third-order valence-corrected chi connectivity index (χ3v) is 8.18. The number of allylic oxidation sites excluding steroid dienone is 1. The Kier molecular flexibility index (Phi) is 6.75. The number of amides is 1. The summed E-state index contributed by atoms with van der Waals surface area (Å²) in [4.78, 5) is 53.7. The molecule has 4 atom stereocenters. The van der Waals surface area contributed by atoms with Crippen molar-refractivity contribution in [2.24, 2.45) is 11.8 Å². The Bertz CT molecular complexity index is 1570. The number of rotatable bonds is 4. The first kappa shape index (κ1) is 28.1. The molecular weight excluding hydrogens is 532 g/mol. The van der Waals surface area contributed by atoms with E-state index in [9.17, 15) is 39.6 Å². The largest absolute Gasteiger partial charge is 0.510 e. The first-order chi connectivity index (χ1) is 19.3. The number of nitrogens with one attached hydrogen (secondary N) is 1. The summed E-state index contributed by atoms with van der Waals surface area (Å²) in [6.07, 6.45) is -0.817. The van der Waals surface area contributed by atoms with Gasteiger partial charge in [0.15, 0.2) is 17.2 Å². The molecule has 0 heterocycles. The van der Waals surface area contributed by atoms with Crippen LogP contribution in [-0.2, 0) is 16.0 Å². The van der Waals surface area contributed by atoms with E-state index in [1.165, 1.54) is 17.0 Å². The number of carbonyl (C=O) groups excluding carboxylic acids is 4. The Morgan fingerprint density at radius 2 is 1.71 bits per heavy atom. The number of hydrogen-bond acceptors (Lipinski definition) is 10. The van der Waals surface area contributed by atoms with E-state index in [4.69, 9.17) is 4.74 Å². The monoisotopic (exact) mass is 562 g/mol. The van der Waals surface area contributed by atoms with Gasteiger partial charge in [-0.05, 0) is 76.5 Å². The number of ketones is 3. The second kappa shape index (κ2) is 9.86. The molecule has 0 aromatic heterocycles. The number of nitrogens with zero attached hydrogens (tertiary/aromatic N) is 1. The van der Waals surface area contributed by atoms with E-state index in [-0.39, 0.29) is 35.2 Å². The van der Waals surface area contributed by atoms with E-state index in [1.54, 1.807) is 38.4 Å². The quantitative estimate of drug-likeness (QED) is 0.275. The average Bonchev–Trinajstić information content (AvgIpc) is 2.89. The summed E-state index contributed by atoms with van der Waals surface area (Å²) in [6.45, 7) is 2.95. The fraction of sp³-hybridized carbons (Fsp3) is 0.333. The number of anilines is 1. The predicted molar refractivity (Wildman–Crippen MR) is 146 cm³/mol. The van der Waals surface area contributed by atoms with E-state index in [1.807, 2.05) is 6.92 Å². The number of phenolic OH excluding ortho intramolecular Hbond substituents is 1. The molecule has 0 unspecified atom stereocenters. The SMILES string of the molecule is CC(=O)C1=C(O)[C@@H](N(C)C)[C@@H]2C[C@@H]3Cc4c(NC(=O)Oc5ccc(C)cc5)ccc(O)c4C(=O)C3=C(O)[C@]2(O)C1=O. The van der Waals surface area contributed by atoms with Crippen LogP contribution in [0.5, 0.6) is 11.5 Å². The van der Waals surface area contributed by atoms with Gasteiger partial charge < -0.3 is 25.2 Å². The van der Waals surface area contributed by atoms with E-state index in [0.29, 0.717) is 5.75 Å². The van der Waals surface area contributed by atoms with Crippen LogP contribution in [0.4, 0.5) is 10.5 Å². The number of aromatic hydroxyl groups is 1. The lowest BCUT2D eigenvalue weighted by Gasteiger charge is -2.50. The Morgan fingerprint density at radius 3 is 2.32 bits per heavy atom. The van der Waals surface area contributed by atoms with Crippen LogP contribution in [0.1, 0.15) is 34.8 Å². The van der Waals surface area contributed by atoms with Crippen molar-refractivity contribution in [3.8, 4) is 11.5 Å². The summed E-state index contributed by atoms with van der Waals surface area (Å²) in [5.74, 6) is -6.22. The third-order valence-electron chi connectivity index (χ3n) is 8.18. The van der Waals surface area contributed by atoms with Crippen LogP contribution >= 0.6 is 0 Å². The molecule has 0 fully saturated rings. The third kappa shape index (κ3) is 4.28. The summed E-state index contributed by atoms with van der Waals surface area (Å²) in [5.41, 5.74) is -2.28. The van der Waals surface area contributed by atoms with Crippen molar-refractivity contribution in [3.63, 3.8) is 0 Å². The van der Waals surface area contributed by atoms with Gasteiger partial charge in [-0.3, -0.25) is 24.6 Å². The van der Waals surface area contributed by atoms with Crippen molar-refractivity contribution >= 4 is 29.1 Å². The molecule has 0 spiro atoms. The standard InChI is InChI=1S/C30H30N2O9/c1-13-5-7-16(8-6-13)41-29(39)31-19-9-10-20(34)23-17(19)11-15-12-18-24(32(3)4)26(36)21(14(2)33)27(37)30(18,40)28(38)22(15)25(23)35/h5-10,15,18,24,34,36,38,40H,11-12H2,1-4H3,(H,31,39)/t15-,18-,24-,30+/m0/s1. The molecule has 3 aliphatic carbocycles. The molecule has 0 bridgehead atoms. The van der Waals surface area contributed by atoms with Crippen LogP contribution in [0.3, 0.4) is 0 Å². The molecule has 2 aromatic carbocycles. The number of fused-ring (bicyclic) bond motifs is 3. The van der Waals surface area contributed by atoms with Crippen LogP contribution in [0.25, 0.3) is 0 Å². The van der Waals surface area contributed by atoms with Crippen LogP contribution < -0.4 is 10.1 Å². The molecular formula is C30H30N2O9. The van der Waals surface area contributed by atoms with Crippen molar-refractivity contribution < 1.29 is 44.3 Å². The topological polar surface area (TPSA) is 174 Å². The molecule has 5 N–H and O–H groups in total. The summed E-state index contributed by atoms with van der Waals surface area (Å²) >= 11 is 0. The predicted octanol–water partition coefficient (Wildman–Crippen LogP) is 3.14. The first-order valence-corrected chi connectivity index (χ1v) is 13.0. The van der Waals surface area contributed by atoms with Crippen molar-refractivity contribution in [1.29, 1.82) is 0 Å². The molecule has 0 radical (unpaired) electrons. The number of aryl methyl sites for hydroxylation is 1. The van der Waals surface area contributed by atoms with Crippen LogP contribution in [0, 0.1) is 18.8 Å². The maximum atomic E-state index is 13.8. The minimum Gasteiger partial charge on any atom is -0.510 e. The highest BCUT2D eigenvalue weighted by atomic mass is 16.6. The van der Waals surface area contributed by atoms with Gasteiger partial charge in [0.05, 0.1) is 11.6 Å². The lowest BCUT2D eigenvalue weighted by atomic mass is 9.58. The van der Waals surface area contributed by atoms with Gasteiger partial charge in [0.1, 0.15) is 28.6 Å². The summed E-state index contributed by atoms with van der Waals surface area (Å²) in [5, 5.41) is 47.3. The number of Topliss-reactive ketones (excluding diaryl/α,β-unsaturated/α-hetero) is 3. The molecule has 11 heteroatoms.